The van der Waals surface area contributed by atoms with Crippen molar-refractivity contribution in [2.45, 2.75) is 0 Å². The molecule has 1 amide bonds. The van der Waals surface area contributed by atoms with Gasteiger partial charge in [0.15, 0.2) is 5.84 Å². The normalized spacial score (nSPS) is 16.8. The van der Waals surface area contributed by atoms with E-state index in [9.17, 15) is 4.79 Å². The maximum absolute atomic E-state index is 11.8. The molecule has 0 aromatic carbocycles. The van der Waals surface area contributed by atoms with Crippen LogP contribution in [0.1, 0.15) is 10.4 Å². The Hall–Kier alpha value is -2.27. The molecule has 5 heteroatoms. The van der Waals surface area contributed by atoms with E-state index in [1.165, 1.54) is 0 Å². The molecule has 1 N–H and O–H groups in total. The highest BCUT2D eigenvalue weighted by molar-refractivity contribution is 7.12. The van der Waals surface area contributed by atoms with Crippen molar-refractivity contribution in [1.29, 1.82) is 0 Å². The van der Waals surface area contributed by atoms with Gasteiger partial charge in [0.25, 0.3) is 5.91 Å². The van der Waals surface area contributed by atoms with Crippen molar-refractivity contribution in [3.63, 3.8) is 0 Å². The molecule has 0 spiro atoms. The molecule has 3 rings (SSSR count). The van der Waals surface area contributed by atoms with Crippen LogP contribution in [0.5, 0.6) is 0 Å². The van der Waals surface area contributed by atoms with Gasteiger partial charge in [-0.3, -0.25) is 9.78 Å². The van der Waals surface area contributed by atoms with Gasteiger partial charge >= 0.3 is 0 Å². The standard InChI is InChI=1S/C13H9N3OS/c17-13-10(8-9-3-5-14-6-4-9)15-12(16-13)11-2-1-7-18-11/h1-8H,(H,15,16,17)/b10-8+. The maximum Gasteiger partial charge on any atom is 0.275 e. The molecule has 0 saturated carbocycles. The van der Waals surface area contributed by atoms with Gasteiger partial charge in [0.05, 0.1) is 4.88 Å². The molecule has 4 nitrogen and oxygen atoms in total. The molecule has 2 aromatic heterocycles. The van der Waals surface area contributed by atoms with E-state index in [1.807, 2.05) is 29.6 Å². The van der Waals surface area contributed by atoms with E-state index in [0.29, 0.717) is 11.5 Å². The van der Waals surface area contributed by atoms with Gasteiger partial charge in [0.1, 0.15) is 5.70 Å². The Bertz CT molecular complexity index is 630. The van der Waals surface area contributed by atoms with Crippen molar-refractivity contribution in [3.8, 4) is 0 Å². The number of amides is 1. The van der Waals surface area contributed by atoms with Gasteiger partial charge < -0.3 is 5.32 Å². The summed E-state index contributed by atoms with van der Waals surface area (Å²) < 4.78 is 0. The van der Waals surface area contributed by atoms with E-state index in [4.69, 9.17) is 0 Å². The van der Waals surface area contributed by atoms with Crippen molar-refractivity contribution < 1.29 is 4.79 Å². The summed E-state index contributed by atoms with van der Waals surface area (Å²) in [5, 5.41) is 4.72. The molecule has 2 aromatic rings. The largest absolute Gasteiger partial charge is 0.304 e. The van der Waals surface area contributed by atoms with Crippen molar-refractivity contribution in [1.82, 2.24) is 10.3 Å². The molecule has 0 saturated heterocycles. The third-order valence-electron chi connectivity index (χ3n) is 2.46. The lowest BCUT2D eigenvalue weighted by atomic mass is 10.2. The molecule has 0 radical (unpaired) electrons. The van der Waals surface area contributed by atoms with Crippen molar-refractivity contribution >= 4 is 29.2 Å². The number of carbonyl (C=O) groups excluding carboxylic acids is 1. The van der Waals surface area contributed by atoms with E-state index in [2.05, 4.69) is 15.3 Å². The lowest BCUT2D eigenvalue weighted by Gasteiger charge is -1.93. The summed E-state index contributed by atoms with van der Waals surface area (Å²) in [5.41, 5.74) is 1.33. The third kappa shape index (κ3) is 2.08. The average molecular weight is 255 g/mol. The van der Waals surface area contributed by atoms with E-state index < -0.39 is 0 Å². The fourth-order valence-corrected chi connectivity index (χ4v) is 2.29. The van der Waals surface area contributed by atoms with E-state index in [-0.39, 0.29) is 5.91 Å². The number of aromatic nitrogens is 1. The quantitative estimate of drug-likeness (QED) is 0.835. The first-order valence-corrected chi connectivity index (χ1v) is 6.26. The summed E-state index contributed by atoms with van der Waals surface area (Å²) >= 11 is 1.55. The summed E-state index contributed by atoms with van der Waals surface area (Å²) in [7, 11) is 0. The van der Waals surface area contributed by atoms with Crippen LogP contribution < -0.4 is 5.32 Å². The van der Waals surface area contributed by atoms with E-state index >= 15 is 0 Å². The fraction of sp³-hybridized carbons (Fsp3) is 0. The summed E-state index contributed by atoms with van der Waals surface area (Å²) in [6.45, 7) is 0. The smallest absolute Gasteiger partial charge is 0.275 e. The molecule has 0 unspecified atom stereocenters. The minimum absolute atomic E-state index is 0.171. The van der Waals surface area contributed by atoms with Crippen LogP contribution in [-0.4, -0.2) is 16.7 Å². The van der Waals surface area contributed by atoms with Gasteiger partial charge in [0.2, 0.25) is 0 Å². The van der Waals surface area contributed by atoms with Crippen molar-refractivity contribution in [2.24, 2.45) is 4.99 Å². The van der Waals surface area contributed by atoms with Crippen LogP contribution >= 0.6 is 11.3 Å². The van der Waals surface area contributed by atoms with Gasteiger partial charge in [-0.1, -0.05) is 6.07 Å². The fourth-order valence-electron chi connectivity index (χ4n) is 1.62. The topological polar surface area (TPSA) is 54.4 Å². The van der Waals surface area contributed by atoms with E-state index in [0.717, 1.165) is 10.4 Å². The molecule has 1 aliphatic rings. The zero-order chi connectivity index (χ0) is 12.4. The first-order chi connectivity index (χ1) is 8.83. The third-order valence-corrected chi connectivity index (χ3v) is 3.34. The first-order valence-electron chi connectivity index (χ1n) is 5.38. The Balaban J connectivity index is 1.94. The highest BCUT2D eigenvalue weighted by Crippen LogP contribution is 2.17. The molecule has 18 heavy (non-hydrogen) atoms. The average Bonchev–Trinajstić information content (AvgIpc) is 3.01. The highest BCUT2D eigenvalue weighted by atomic mass is 32.1. The molecule has 0 bridgehead atoms. The number of nitrogens with zero attached hydrogens (tertiary/aromatic N) is 2. The maximum atomic E-state index is 11.8. The first kappa shape index (κ1) is 10.9. The number of amidine groups is 1. The van der Waals surface area contributed by atoms with Crippen molar-refractivity contribution in [2.75, 3.05) is 0 Å². The lowest BCUT2D eigenvalue weighted by Crippen LogP contribution is -2.23. The summed E-state index contributed by atoms with van der Waals surface area (Å²) in [5.74, 6) is 0.450. The second kappa shape index (κ2) is 4.54. The van der Waals surface area contributed by atoms with Gasteiger partial charge in [-0.15, -0.1) is 11.3 Å². The van der Waals surface area contributed by atoms with Crippen LogP contribution in [0.3, 0.4) is 0 Å². The Labute approximate surface area is 108 Å². The highest BCUT2D eigenvalue weighted by Gasteiger charge is 2.21. The number of thiophene rings is 1. The lowest BCUT2D eigenvalue weighted by molar-refractivity contribution is -0.115. The van der Waals surface area contributed by atoms with Gasteiger partial charge in [-0.05, 0) is 35.2 Å². The molecule has 3 heterocycles. The van der Waals surface area contributed by atoms with Gasteiger partial charge in [-0.25, -0.2) is 4.99 Å². The molecule has 1 aliphatic heterocycles. The number of carbonyl (C=O) groups is 1. The second-order valence-electron chi connectivity index (χ2n) is 3.70. The minimum atomic E-state index is -0.171. The van der Waals surface area contributed by atoms with Crippen LogP contribution in [0.15, 0.2) is 52.7 Å². The molecule has 0 atom stereocenters. The number of pyridine rings is 1. The summed E-state index contributed by atoms with van der Waals surface area (Å²) in [4.78, 5) is 21.0. The molecule has 88 valence electrons. The van der Waals surface area contributed by atoms with Crippen LogP contribution in [-0.2, 0) is 4.79 Å². The molecule has 0 fully saturated rings. The summed E-state index contributed by atoms with van der Waals surface area (Å²) in [6.07, 6.45) is 5.11. The predicted octanol–water partition coefficient (Wildman–Crippen LogP) is 2.06. The van der Waals surface area contributed by atoms with Crippen LogP contribution in [0, 0.1) is 0 Å². The zero-order valence-corrected chi connectivity index (χ0v) is 10.1. The van der Waals surface area contributed by atoms with E-state index in [1.54, 1.807) is 29.8 Å². The molecular weight excluding hydrogens is 246 g/mol. The predicted molar refractivity (Wildman–Crippen MR) is 71.2 cm³/mol. The summed E-state index contributed by atoms with van der Waals surface area (Å²) in [6, 6.07) is 7.52. The number of hydrogen-bond donors (Lipinski definition) is 1. The van der Waals surface area contributed by atoms with Crippen molar-refractivity contribution in [3.05, 3.63) is 58.2 Å². The van der Waals surface area contributed by atoms with Gasteiger partial charge in [0, 0.05) is 12.4 Å². The number of hydrogen-bond acceptors (Lipinski definition) is 4. The van der Waals surface area contributed by atoms with Gasteiger partial charge in [-0.2, -0.15) is 0 Å². The van der Waals surface area contributed by atoms with Crippen LogP contribution in [0.25, 0.3) is 6.08 Å². The second-order valence-corrected chi connectivity index (χ2v) is 4.65. The minimum Gasteiger partial charge on any atom is -0.304 e. The number of nitrogens with one attached hydrogen (secondary N) is 1. The molecule has 0 aliphatic carbocycles. The Morgan fingerprint density at radius 1 is 1.22 bits per heavy atom. The monoisotopic (exact) mass is 255 g/mol. The Morgan fingerprint density at radius 3 is 2.78 bits per heavy atom. The SMILES string of the molecule is O=C1NC(c2cccs2)=N/C1=C/c1ccncc1. The zero-order valence-electron chi connectivity index (χ0n) is 9.33. The van der Waals surface area contributed by atoms with Crippen LogP contribution in [0.4, 0.5) is 0 Å². The van der Waals surface area contributed by atoms with Crippen LogP contribution in [0.2, 0.25) is 0 Å². The molecular formula is C13H9N3OS. The number of aliphatic imine (C=N–C) groups is 1. The number of rotatable bonds is 2. The Morgan fingerprint density at radius 2 is 2.06 bits per heavy atom. The Kier molecular flexibility index (Phi) is 2.74.